The van der Waals surface area contributed by atoms with Crippen molar-refractivity contribution >= 4 is 33.2 Å². The molecule has 1 fully saturated rings. The number of rotatable bonds is 5. The Bertz CT molecular complexity index is 1070. The molecule has 2 amide bonds. The van der Waals surface area contributed by atoms with Crippen molar-refractivity contribution in [2.75, 3.05) is 43.9 Å². The Morgan fingerprint density at radius 2 is 1.70 bits per heavy atom. The minimum absolute atomic E-state index is 0.0396. The van der Waals surface area contributed by atoms with Crippen LogP contribution in [0.2, 0.25) is 0 Å². The molecule has 30 heavy (non-hydrogen) atoms. The van der Waals surface area contributed by atoms with Crippen LogP contribution in [0.4, 0.5) is 15.8 Å². The lowest BCUT2D eigenvalue weighted by Gasteiger charge is -2.31. The first-order valence-electron chi connectivity index (χ1n) is 9.34. The molecule has 0 bridgehead atoms. The molecule has 0 radical (unpaired) electrons. The number of benzene rings is 2. The Morgan fingerprint density at radius 3 is 2.37 bits per heavy atom. The maximum Gasteiger partial charge on any atom is 0.255 e. The summed E-state index contributed by atoms with van der Waals surface area (Å²) >= 11 is 0. The topological polar surface area (TPSA) is 98.8 Å². The number of hydrogen-bond donors (Lipinski definition) is 2. The van der Waals surface area contributed by atoms with Gasteiger partial charge in [-0.25, -0.2) is 12.8 Å². The van der Waals surface area contributed by atoms with Gasteiger partial charge in [0.2, 0.25) is 15.9 Å². The van der Waals surface area contributed by atoms with E-state index in [2.05, 4.69) is 10.6 Å². The standard InChI is InChI=1S/C20H23FN4O4S/c1-14(26)22-19-13-16(6-7-18(19)21)23-20(27)15-4-3-5-17(12-15)30(28,29)25-10-8-24(2)9-11-25/h3-7,12-13H,8-11H2,1-2H3,(H,22,26)(H,23,27). The van der Waals surface area contributed by atoms with Crippen molar-refractivity contribution in [2.45, 2.75) is 11.8 Å². The van der Waals surface area contributed by atoms with Crippen molar-refractivity contribution in [3.05, 3.63) is 53.8 Å². The summed E-state index contributed by atoms with van der Waals surface area (Å²) < 4.78 is 41.0. The Kier molecular flexibility index (Phi) is 6.49. The third-order valence-corrected chi connectivity index (χ3v) is 6.63. The van der Waals surface area contributed by atoms with Gasteiger partial charge < -0.3 is 15.5 Å². The number of carbonyl (C=O) groups is 2. The number of anilines is 2. The fraction of sp³-hybridized carbons (Fsp3) is 0.300. The molecule has 0 aromatic heterocycles. The van der Waals surface area contributed by atoms with Crippen LogP contribution in [-0.4, -0.2) is 62.7 Å². The summed E-state index contributed by atoms with van der Waals surface area (Å²) in [5, 5.41) is 4.93. The molecule has 3 rings (SSSR count). The van der Waals surface area contributed by atoms with Gasteiger partial charge in [-0.15, -0.1) is 0 Å². The van der Waals surface area contributed by atoms with Crippen molar-refractivity contribution < 1.29 is 22.4 Å². The fourth-order valence-corrected chi connectivity index (χ4v) is 4.54. The lowest BCUT2D eigenvalue weighted by molar-refractivity contribution is -0.114. The van der Waals surface area contributed by atoms with Gasteiger partial charge in [-0.1, -0.05) is 6.07 Å². The van der Waals surface area contributed by atoms with Crippen molar-refractivity contribution in [2.24, 2.45) is 0 Å². The summed E-state index contributed by atoms with van der Waals surface area (Å²) in [5.74, 6) is -1.63. The average Bonchev–Trinajstić information content (AvgIpc) is 2.70. The molecule has 10 heteroatoms. The van der Waals surface area contributed by atoms with Crippen LogP contribution in [0.15, 0.2) is 47.4 Å². The molecule has 1 aliphatic rings. The van der Waals surface area contributed by atoms with Crippen molar-refractivity contribution in [1.29, 1.82) is 0 Å². The highest BCUT2D eigenvalue weighted by Gasteiger charge is 2.28. The minimum atomic E-state index is -3.71. The van der Waals surface area contributed by atoms with Crippen LogP contribution >= 0.6 is 0 Å². The molecule has 1 saturated heterocycles. The molecule has 0 saturated carbocycles. The number of amides is 2. The van der Waals surface area contributed by atoms with Gasteiger partial charge in [0.15, 0.2) is 0 Å². The molecule has 0 spiro atoms. The molecule has 2 aromatic rings. The van der Waals surface area contributed by atoms with E-state index in [1.165, 1.54) is 47.6 Å². The third-order valence-electron chi connectivity index (χ3n) is 4.73. The molecule has 8 nitrogen and oxygen atoms in total. The summed E-state index contributed by atoms with van der Waals surface area (Å²) in [5.41, 5.74) is 0.347. The van der Waals surface area contributed by atoms with Crippen LogP contribution in [0.1, 0.15) is 17.3 Å². The zero-order valence-corrected chi connectivity index (χ0v) is 17.5. The van der Waals surface area contributed by atoms with Crippen molar-refractivity contribution in [3.8, 4) is 0 Å². The second-order valence-electron chi connectivity index (χ2n) is 7.07. The first kappa shape index (κ1) is 21.9. The maximum atomic E-state index is 13.8. The summed E-state index contributed by atoms with van der Waals surface area (Å²) in [6.45, 7) is 3.30. The van der Waals surface area contributed by atoms with Crippen LogP contribution < -0.4 is 10.6 Å². The molecule has 0 atom stereocenters. The summed E-state index contributed by atoms with van der Waals surface area (Å²) in [6.07, 6.45) is 0. The zero-order chi connectivity index (χ0) is 21.9. The van der Waals surface area contributed by atoms with Crippen molar-refractivity contribution in [1.82, 2.24) is 9.21 Å². The predicted molar refractivity (Wildman–Crippen MR) is 111 cm³/mol. The van der Waals surface area contributed by atoms with E-state index in [0.717, 1.165) is 6.07 Å². The molecule has 160 valence electrons. The molecule has 1 aliphatic heterocycles. The summed E-state index contributed by atoms with van der Waals surface area (Å²) in [4.78, 5) is 25.9. The van der Waals surface area contributed by atoms with E-state index in [-0.39, 0.29) is 21.8 Å². The van der Waals surface area contributed by atoms with Crippen LogP contribution in [0.25, 0.3) is 0 Å². The van der Waals surface area contributed by atoms with E-state index < -0.39 is 27.7 Å². The van der Waals surface area contributed by atoms with Gasteiger partial charge in [-0.2, -0.15) is 4.31 Å². The molecule has 2 aromatic carbocycles. The Balaban J connectivity index is 1.79. The van der Waals surface area contributed by atoms with E-state index in [1.54, 1.807) is 0 Å². The summed E-state index contributed by atoms with van der Waals surface area (Å²) in [6, 6.07) is 9.54. The average molecular weight is 434 g/mol. The molecular formula is C20H23FN4O4S. The second kappa shape index (κ2) is 8.90. The smallest absolute Gasteiger partial charge is 0.255 e. The fourth-order valence-electron chi connectivity index (χ4n) is 3.07. The van der Waals surface area contributed by atoms with Crippen LogP contribution in [-0.2, 0) is 14.8 Å². The first-order chi connectivity index (χ1) is 14.2. The molecule has 0 unspecified atom stereocenters. The lowest BCUT2D eigenvalue weighted by atomic mass is 10.2. The van der Waals surface area contributed by atoms with Crippen LogP contribution in [0.5, 0.6) is 0 Å². The van der Waals surface area contributed by atoms with Crippen molar-refractivity contribution in [3.63, 3.8) is 0 Å². The Hall–Kier alpha value is -2.82. The van der Waals surface area contributed by atoms with Gasteiger partial charge in [-0.05, 0) is 43.4 Å². The highest BCUT2D eigenvalue weighted by Crippen LogP contribution is 2.22. The maximum absolute atomic E-state index is 13.8. The highest BCUT2D eigenvalue weighted by atomic mass is 32.2. The van der Waals surface area contributed by atoms with Gasteiger partial charge in [0.25, 0.3) is 5.91 Å². The third kappa shape index (κ3) is 5.02. The van der Waals surface area contributed by atoms with Gasteiger partial charge in [0.05, 0.1) is 10.6 Å². The quantitative estimate of drug-likeness (QED) is 0.750. The first-order valence-corrected chi connectivity index (χ1v) is 10.8. The van der Waals surface area contributed by atoms with E-state index in [1.807, 2.05) is 11.9 Å². The molecule has 2 N–H and O–H groups in total. The monoisotopic (exact) mass is 434 g/mol. The number of hydrogen-bond acceptors (Lipinski definition) is 5. The highest BCUT2D eigenvalue weighted by molar-refractivity contribution is 7.89. The predicted octanol–water partition coefficient (Wildman–Crippen LogP) is 1.97. The van der Waals surface area contributed by atoms with Gasteiger partial charge in [0, 0.05) is 44.4 Å². The van der Waals surface area contributed by atoms with E-state index in [9.17, 15) is 22.4 Å². The molecule has 0 aliphatic carbocycles. The van der Waals surface area contributed by atoms with Gasteiger partial charge >= 0.3 is 0 Å². The zero-order valence-electron chi connectivity index (χ0n) is 16.7. The van der Waals surface area contributed by atoms with Crippen LogP contribution in [0.3, 0.4) is 0 Å². The number of carbonyl (C=O) groups excluding carboxylic acids is 2. The normalized spacial score (nSPS) is 15.6. The molecular weight excluding hydrogens is 411 g/mol. The number of nitrogens with zero attached hydrogens (tertiary/aromatic N) is 2. The second-order valence-corrected chi connectivity index (χ2v) is 9.00. The summed E-state index contributed by atoms with van der Waals surface area (Å²) in [7, 11) is -1.78. The number of halogens is 1. The Labute approximate surface area is 174 Å². The van der Waals surface area contributed by atoms with E-state index in [4.69, 9.17) is 0 Å². The SMILES string of the molecule is CC(=O)Nc1cc(NC(=O)c2cccc(S(=O)(=O)N3CCN(C)CC3)c2)ccc1F. The van der Waals surface area contributed by atoms with E-state index in [0.29, 0.717) is 26.2 Å². The minimum Gasteiger partial charge on any atom is -0.324 e. The number of piperazine rings is 1. The largest absolute Gasteiger partial charge is 0.324 e. The Morgan fingerprint density at radius 1 is 1.00 bits per heavy atom. The number of nitrogens with one attached hydrogen (secondary N) is 2. The molecule has 1 heterocycles. The van der Waals surface area contributed by atoms with Gasteiger partial charge in [0.1, 0.15) is 5.82 Å². The van der Waals surface area contributed by atoms with Gasteiger partial charge in [-0.3, -0.25) is 9.59 Å². The van der Waals surface area contributed by atoms with Crippen LogP contribution in [0, 0.1) is 5.82 Å². The van der Waals surface area contributed by atoms with E-state index >= 15 is 0 Å². The number of sulfonamides is 1. The lowest BCUT2D eigenvalue weighted by Crippen LogP contribution is -2.47. The number of likely N-dealkylation sites (N-methyl/N-ethyl adjacent to an activating group) is 1.